The Kier molecular flexibility index (Phi) is 6.88. The van der Waals surface area contributed by atoms with Crippen LogP contribution in [0.5, 0.6) is 0 Å². The molecule has 0 saturated heterocycles. The number of benzene rings is 1. The smallest absolute Gasteiger partial charge is 0.251 e. The molecule has 1 saturated carbocycles. The molecular formula is C18H27ClN2O2. The molecule has 23 heavy (non-hydrogen) atoms. The van der Waals surface area contributed by atoms with Crippen LogP contribution >= 0.6 is 12.4 Å². The highest BCUT2D eigenvalue weighted by Crippen LogP contribution is 2.27. The number of hydrogen-bond donors (Lipinski definition) is 2. The van der Waals surface area contributed by atoms with Crippen molar-refractivity contribution >= 4 is 18.3 Å². The van der Waals surface area contributed by atoms with Crippen LogP contribution in [0.3, 0.4) is 0 Å². The second kappa shape index (κ2) is 8.67. The second-order valence-corrected chi connectivity index (χ2v) is 6.46. The number of nitrogens with two attached hydrogens (primary N) is 1. The van der Waals surface area contributed by atoms with E-state index < -0.39 is 0 Å². The van der Waals surface area contributed by atoms with Crippen LogP contribution in [0.25, 0.3) is 0 Å². The summed E-state index contributed by atoms with van der Waals surface area (Å²) in [6.45, 7) is 1.79. The Hall–Kier alpha value is -1.10. The van der Waals surface area contributed by atoms with Gasteiger partial charge >= 0.3 is 0 Å². The molecule has 0 aromatic heterocycles. The van der Waals surface area contributed by atoms with Crippen molar-refractivity contribution in [2.45, 2.75) is 51.2 Å². The molecule has 128 valence electrons. The summed E-state index contributed by atoms with van der Waals surface area (Å²) in [4.78, 5) is 12.7. The molecule has 2 aliphatic rings. The molecule has 0 radical (unpaired) electrons. The van der Waals surface area contributed by atoms with Crippen molar-refractivity contribution in [2.24, 2.45) is 11.7 Å². The van der Waals surface area contributed by atoms with Crippen LogP contribution in [0.4, 0.5) is 0 Å². The fraction of sp³-hybridized carbons (Fsp3) is 0.611. The first kappa shape index (κ1) is 18.2. The largest absolute Gasteiger partial charge is 0.376 e. The van der Waals surface area contributed by atoms with E-state index in [0.29, 0.717) is 19.1 Å². The third-order valence-corrected chi connectivity index (χ3v) is 5.07. The van der Waals surface area contributed by atoms with Gasteiger partial charge in [-0.1, -0.05) is 31.4 Å². The van der Waals surface area contributed by atoms with Gasteiger partial charge in [0.05, 0.1) is 13.2 Å². The minimum absolute atomic E-state index is 0. The highest BCUT2D eigenvalue weighted by molar-refractivity contribution is 5.96. The Bertz CT molecular complexity index is 530. The minimum atomic E-state index is 0. The molecule has 0 spiro atoms. The van der Waals surface area contributed by atoms with Crippen molar-refractivity contribution in [2.75, 3.05) is 13.2 Å². The highest BCUT2D eigenvalue weighted by Gasteiger charge is 2.26. The Balaban J connectivity index is 0.00000192. The fourth-order valence-electron chi connectivity index (χ4n) is 3.76. The third kappa shape index (κ3) is 4.25. The van der Waals surface area contributed by atoms with Crippen LogP contribution in [-0.4, -0.2) is 25.1 Å². The number of carbonyl (C=O) groups excluding carboxylic acids is 1. The topological polar surface area (TPSA) is 64.3 Å². The van der Waals surface area contributed by atoms with Gasteiger partial charge in [0.15, 0.2) is 0 Å². The molecule has 0 bridgehead atoms. The Labute approximate surface area is 144 Å². The van der Waals surface area contributed by atoms with Gasteiger partial charge in [0.25, 0.3) is 5.91 Å². The zero-order valence-corrected chi connectivity index (χ0v) is 14.4. The van der Waals surface area contributed by atoms with E-state index in [4.69, 9.17) is 10.5 Å². The molecule has 4 nitrogen and oxygen atoms in total. The van der Waals surface area contributed by atoms with Crippen molar-refractivity contribution < 1.29 is 9.53 Å². The van der Waals surface area contributed by atoms with E-state index in [1.54, 1.807) is 0 Å². The van der Waals surface area contributed by atoms with E-state index >= 15 is 0 Å². The maximum atomic E-state index is 12.7. The summed E-state index contributed by atoms with van der Waals surface area (Å²) in [5.41, 5.74) is 8.97. The van der Waals surface area contributed by atoms with E-state index in [2.05, 4.69) is 11.4 Å². The lowest BCUT2D eigenvalue weighted by atomic mass is 9.83. The van der Waals surface area contributed by atoms with E-state index in [-0.39, 0.29) is 24.4 Å². The van der Waals surface area contributed by atoms with E-state index in [1.807, 2.05) is 12.1 Å². The lowest BCUT2D eigenvalue weighted by molar-refractivity contribution is 0.0892. The number of ether oxygens (including phenoxy) is 1. The summed E-state index contributed by atoms with van der Waals surface area (Å²) in [5, 5.41) is 3.18. The number of rotatable bonds is 4. The normalized spacial score (nSPS) is 19.3. The third-order valence-electron chi connectivity index (χ3n) is 5.07. The minimum Gasteiger partial charge on any atom is -0.376 e. The number of hydrogen-bond acceptors (Lipinski definition) is 3. The van der Waals surface area contributed by atoms with Crippen molar-refractivity contribution in [1.82, 2.24) is 5.32 Å². The fourth-order valence-corrected chi connectivity index (χ4v) is 3.76. The zero-order chi connectivity index (χ0) is 15.4. The molecule has 5 heteroatoms. The summed E-state index contributed by atoms with van der Waals surface area (Å²) in [6.07, 6.45) is 7.07. The first-order valence-corrected chi connectivity index (χ1v) is 8.49. The van der Waals surface area contributed by atoms with Gasteiger partial charge in [0, 0.05) is 18.2 Å². The summed E-state index contributed by atoms with van der Waals surface area (Å²) < 4.78 is 5.53. The van der Waals surface area contributed by atoms with Gasteiger partial charge < -0.3 is 15.8 Å². The number of nitrogens with one attached hydrogen (secondary N) is 1. The van der Waals surface area contributed by atoms with Crippen molar-refractivity contribution in [3.05, 3.63) is 34.9 Å². The van der Waals surface area contributed by atoms with Crippen molar-refractivity contribution in [3.63, 3.8) is 0 Å². The highest BCUT2D eigenvalue weighted by atomic mass is 35.5. The van der Waals surface area contributed by atoms with Crippen molar-refractivity contribution in [3.8, 4) is 0 Å². The lowest BCUT2D eigenvalue weighted by Gasteiger charge is -2.30. The van der Waals surface area contributed by atoms with E-state index in [0.717, 1.165) is 24.2 Å². The number of halogens is 1. The molecular weight excluding hydrogens is 312 g/mol. The van der Waals surface area contributed by atoms with E-state index in [1.165, 1.54) is 37.7 Å². The van der Waals surface area contributed by atoms with Gasteiger partial charge in [-0.2, -0.15) is 0 Å². The molecule has 1 heterocycles. The van der Waals surface area contributed by atoms with Crippen molar-refractivity contribution in [1.29, 1.82) is 0 Å². The van der Waals surface area contributed by atoms with Gasteiger partial charge in [0.1, 0.15) is 0 Å². The average molecular weight is 339 g/mol. The lowest BCUT2D eigenvalue weighted by Crippen LogP contribution is -2.46. The van der Waals surface area contributed by atoms with Gasteiger partial charge in [-0.15, -0.1) is 12.4 Å². The number of amides is 1. The molecule has 1 aromatic rings. The molecule has 3 rings (SSSR count). The summed E-state index contributed by atoms with van der Waals surface area (Å²) in [6, 6.07) is 6.05. The molecule has 1 amide bonds. The summed E-state index contributed by atoms with van der Waals surface area (Å²) in [5.74, 6) is 0.530. The molecule has 1 atom stereocenters. The van der Waals surface area contributed by atoms with Crippen LogP contribution in [0.2, 0.25) is 0 Å². The monoisotopic (exact) mass is 338 g/mol. The van der Waals surface area contributed by atoms with Crippen LogP contribution in [0.1, 0.15) is 53.6 Å². The van der Waals surface area contributed by atoms with Crippen LogP contribution in [0, 0.1) is 5.92 Å². The molecule has 1 aliphatic heterocycles. The summed E-state index contributed by atoms with van der Waals surface area (Å²) >= 11 is 0. The van der Waals surface area contributed by atoms with E-state index in [9.17, 15) is 4.79 Å². The zero-order valence-electron chi connectivity index (χ0n) is 13.6. The van der Waals surface area contributed by atoms with Gasteiger partial charge in [-0.25, -0.2) is 0 Å². The molecule has 1 aliphatic carbocycles. The standard InChI is InChI=1S/C18H26N2O2.ClH/c19-11-17(14-5-2-1-3-6-14)20-18(21)15-8-4-7-13-9-10-22-12-16(13)15;/h4,7-8,14,17H,1-3,5-6,9-12,19H2,(H,20,21);1H. The maximum Gasteiger partial charge on any atom is 0.251 e. The van der Waals surface area contributed by atoms with Gasteiger partial charge in [0.2, 0.25) is 0 Å². The quantitative estimate of drug-likeness (QED) is 0.887. The first-order chi connectivity index (χ1) is 10.8. The average Bonchev–Trinajstić information content (AvgIpc) is 2.59. The molecule has 1 fully saturated rings. The Morgan fingerprint density at radius 1 is 1.30 bits per heavy atom. The molecule has 1 aromatic carbocycles. The summed E-state index contributed by atoms with van der Waals surface area (Å²) in [7, 11) is 0. The predicted octanol–water partition coefficient (Wildman–Crippen LogP) is 2.82. The van der Waals surface area contributed by atoms with Crippen LogP contribution in [-0.2, 0) is 17.8 Å². The second-order valence-electron chi connectivity index (χ2n) is 6.46. The molecule has 1 unspecified atom stereocenters. The Morgan fingerprint density at radius 3 is 2.83 bits per heavy atom. The SMILES string of the molecule is Cl.NCC(NC(=O)c1cccc2c1COCC2)C1CCCCC1. The van der Waals surface area contributed by atoms with Gasteiger partial charge in [-0.3, -0.25) is 4.79 Å². The van der Waals surface area contributed by atoms with Gasteiger partial charge in [-0.05, 0) is 42.4 Å². The predicted molar refractivity (Wildman–Crippen MR) is 93.9 cm³/mol. The number of fused-ring (bicyclic) bond motifs is 1. The number of carbonyl (C=O) groups is 1. The Morgan fingerprint density at radius 2 is 2.09 bits per heavy atom. The molecule has 3 N–H and O–H groups in total. The van der Waals surface area contributed by atoms with Crippen LogP contribution in [0.15, 0.2) is 18.2 Å². The van der Waals surface area contributed by atoms with Crippen LogP contribution < -0.4 is 11.1 Å². The first-order valence-electron chi connectivity index (χ1n) is 8.49. The maximum absolute atomic E-state index is 12.7.